The summed E-state index contributed by atoms with van der Waals surface area (Å²) in [6.45, 7) is 5.60. The summed E-state index contributed by atoms with van der Waals surface area (Å²) >= 11 is 0. The maximum absolute atomic E-state index is 10.7. The molecule has 0 aromatic heterocycles. The highest BCUT2D eigenvalue weighted by Crippen LogP contribution is 2.19. The molecule has 0 rings (SSSR count). The van der Waals surface area contributed by atoms with Gasteiger partial charge in [-0.1, -0.05) is 20.8 Å². The van der Waals surface area contributed by atoms with Crippen molar-refractivity contribution >= 4 is 5.97 Å². The number of ether oxygens (including phenoxy) is 1. The zero-order valence-corrected chi connectivity index (χ0v) is 7.94. The van der Waals surface area contributed by atoms with E-state index in [1.165, 1.54) is 6.26 Å². The maximum atomic E-state index is 10.7. The van der Waals surface area contributed by atoms with Crippen LogP contribution in [0.5, 0.6) is 0 Å². The first kappa shape index (κ1) is 11.5. The van der Waals surface area contributed by atoms with Crippen molar-refractivity contribution in [2.75, 3.05) is 0 Å². The Hall–Kier alpha value is -1.50. The van der Waals surface area contributed by atoms with Gasteiger partial charge in [0.1, 0.15) is 6.26 Å². The molecular formula is C9H13NO3. The number of hydrogen-bond acceptors (Lipinski definition) is 3. The van der Waals surface area contributed by atoms with Crippen molar-refractivity contribution in [1.29, 1.82) is 5.26 Å². The first-order valence-electron chi connectivity index (χ1n) is 3.98. The highest BCUT2D eigenvalue weighted by atomic mass is 16.5. The highest BCUT2D eigenvalue weighted by molar-refractivity contribution is 5.86. The minimum atomic E-state index is -1.04. The number of hydrogen-bond donors (Lipinski definition) is 1. The van der Waals surface area contributed by atoms with E-state index in [2.05, 4.69) is 4.74 Å². The Bertz CT molecular complexity index is 250. The Morgan fingerprint density at radius 3 is 2.38 bits per heavy atom. The number of nitriles is 1. The van der Waals surface area contributed by atoms with E-state index in [1.54, 1.807) is 6.92 Å². The Kier molecular flexibility index (Phi) is 4.60. The van der Waals surface area contributed by atoms with Gasteiger partial charge in [0.2, 0.25) is 0 Å². The number of rotatable bonds is 4. The standard InChI is InChI=1S/C9H13NO3/c1-6(2)7(3)8(9(11)12)4-13-5-10/h4,6-7H,1-3H3,(H,11,12). The average Bonchev–Trinajstić information content (AvgIpc) is 2.04. The lowest BCUT2D eigenvalue weighted by Gasteiger charge is -2.14. The Morgan fingerprint density at radius 2 is 2.08 bits per heavy atom. The molecule has 4 nitrogen and oxygen atoms in total. The van der Waals surface area contributed by atoms with E-state index in [0.717, 1.165) is 6.26 Å². The molecule has 4 heteroatoms. The Morgan fingerprint density at radius 1 is 1.54 bits per heavy atom. The molecule has 0 heterocycles. The first-order chi connectivity index (χ1) is 6.00. The number of carboxylic acids is 1. The van der Waals surface area contributed by atoms with Gasteiger partial charge in [0.15, 0.2) is 0 Å². The maximum Gasteiger partial charge on any atom is 0.335 e. The van der Waals surface area contributed by atoms with Crippen LogP contribution in [0.25, 0.3) is 0 Å². The Labute approximate surface area is 77.4 Å². The molecule has 0 aliphatic heterocycles. The van der Waals surface area contributed by atoms with Crippen LogP contribution in [0.3, 0.4) is 0 Å². The molecule has 0 aromatic rings. The molecular weight excluding hydrogens is 170 g/mol. The van der Waals surface area contributed by atoms with Gasteiger partial charge in [0, 0.05) is 0 Å². The molecule has 0 spiro atoms. The molecule has 0 saturated carbocycles. The summed E-state index contributed by atoms with van der Waals surface area (Å²) in [4.78, 5) is 10.7. The van der Waals surface area contributed by atoms with Crippen LogP contribution in [0.4, 0.5) is 0 Å². The molecule has 0 aromatic carbocycles. The second kappa shape index (κ2) is 5.20. The zero-order valence-electron chi connectivity index (χ0n) is 7.94. The minimum Gasteiger partial charge on any atom is -0.478 e. The smallest absolute Gasteiger partial charge is 0.335 e. The van der Waals surface area contributed by atoms with Crippen molar-refractivity contribution in [3.63, 3.8) is 0 Å². The fraction of sp³-hybridized carbons (Fsp3) is 0.556. The van der Waals surface area contributed by atoms with Crippen molar-refractivity contribution in [2.45, 2.75) is 20.8 Å². The summed E-state index contributed by atoms with van der Waals surface area (Å²) in [5.74, 6) is -0.980. The monoisotopic (exact) mass is 183 g/mol. The summed E-state index contributed by atoms with van der Waals surface area (Å²) in [7, 11) is 0. The zero-order chi connectivity index (χ0) is 10.4. The van der Waals surface area contributed by atoms with E-state index in [1.807, 2.05) is 13.8 Å². The van der Waals surface area contributed by atoms with Crippen LogP contribution >= 0.6 is 0 Å². The molecule has 1 N–H and O–H groups in total. The number of carboxylic acid groups (broad SMARTS) is 1. The van der Waals surface area contributed by atoms with Gasteiger partial charge in [-0.3, -0.25) is 0 Å². The van der Waals surface area contributed by atoms with Crippen LogP contribution in [0.1, 0.15) is 20.8 Å². The van der Waals surface area contributed by atoms with Gasteiger partial charge >= 0.3 is 5.97 Å². The van der Waals surface area contributed by atoms with Crippen molar-refractivity contribution in [3.05, 3.63) is 11.8 Å². The first-order valence-corrected chi connectivity index (χ1v) is 3.98. The summed E-state index contributed by atoms with van der Waals surface area (Å²) in [5.41, 5.74) is 0.122. The molecule has 0 saturated heterocycles. The fourth-order valence-electron chi connectivity index (χ4n) is 0.801. The molecule has 1 atom stereocenters. The molecule has 72 valence electrons. The predicted molar refractivity (Wildman–Crippen MR) is 46.4 cm³/mol. The van der Waals surface area contributed by atoms with Gasteiger partial charge in [-0.05, 0) is 11.8 Å². The van der Waals surface area contributed by atoms with E-state index in [-0.39, 0.29) is 17.4 Å². The van der Waals surface area contributed by atoms with Gasteiger partial charge in [-0.25, -0.2) is 4.79 Å². The van der Waals surface area contributed by atoms with Crippen LogP contribution < -0.4 is 0 Å². The third-order valence-electron chi connectivity index (χ3n) is 1.98. The molecule has 0 aliphatic rings. The van der Waals surface area contributed by atoms with Crippen LogP contribution in [0.2, 0.25) is 0 Å². The van der Waals surface area contributed by atoms with Gasteiger partial charge < -0.3 is 9.84 Å². The molecule has 0 bridgehead atoms. The third kappa shape index (κ3) is 3.61. The Balaban J connectivity index is 4.63. The molecule has 13 heavy (non-hydrogen) atoms. The minimum absolute atomic E-state index is 0.122. The SMILES string of the molecule is CC(C)C(C)C(=COC#N)C(=O)O. The second-order valence-electron chi connectivity index (χ2n) is 3.12. The fourth-order valence-corrected chi connectivity index (χ4v) is 0.801. The number of nitrogens with zero attached hydrogens (tertiary/aromatic N) is 1. The summed E-state index contributed by atoms with van der Waals surface area (Å²) in [5, 5.41) is 16.9. The summed E-state index contributed by atoms with van der Waals surface area (Å²) in [6.07, 6.45) is 2.40. The van der Waals surface area contributed by atoms with E-state index in [0.29, 0.717) is 0 Å². The van der Waals surface area contributed by atoms with Crippen LogP contribution in [0.15, 0.2) is 11.8 Å². The highest BCUT2D eigenvalue weighted by Gasteiger charge is 2.19. The lowest BCUT2D eigenvalue weighted by Crippen LogP contribution is -2.15. The number of aliphatic carboxylic acids is 1. The summed E-state index contributed by atoms with van der Waals surface area (Å²) < 4.78 is 4.29. The van der Waals surface area contributed by atoms with Crippen molar-refractivity contribution in [1.82, 2.24) is 0 Å². The van der Waals surface area contributed by atoms with Crippen LogP contribution in [-0.4, -0.2) is 11.1 Å². The van der Waals surface area contributed by atoms with Crippen LogP contribution in [0, 0.1) is 23.4 Å². The lowest BCUT2D eigenvalue weighted by molar-refractivity contribution is -0.133. The number of carbonyl (C=O) groups is 1. The molecule has 0 fully saturated rings. The van der Waals surface area contributed by atoms with Gasteiger partial charge in [0.25, 0.3) is 6.26 Å². The largest absolute Gasteiger partial charge is 0.478 e. The summed E-state index contributed by atoms with van der Waals surface area (Å²) in [6, 6.07) is 0. The van der Waals surface area contributed by atoms with Gasteiger partial charge in [-0.2, -0.15) is 0 Å². The van der Waals surface area contributed by atoms with Crippen molar-refractivity contribution in [2.24, 2.45) is 11.8 Å². The molecule has 1 unspecified atom stereocenters. The van der Waals surface area contributed by atoms with E-state index < -0.39 is 5.97 Å². The topological polar surface area (TPSA) is 70.3 Å². The van der Waals surface area contributed by atoms with Crippen molar-refractivity contribution in [3.8, 4) is 6.26 Å². The van der Waals surface area contributed by atoms with Gasteiger partial charge in [-0.15, -0.1) is 5.26 Å². The predicted octanol–water partition coefficient (Wildman–Crippen LogP) is 1.74. The van der Waals surface area contributed by atoms with Gasteiger partial charge in [0.05, 0.1) is 5.57 Å². The van der Waals surface area contributed by atoms with E-state index in [4.69, 9.17) is 10.4 Å². The van der Waals surface area contributed by atoms with Crippen molar-refractivity contribution < 1.29 is 14.6 Å². The van der Waals surface area contributed by atoms with Crippen LogP contribution in [-0.2, 0) is 9.53 Å². The quantitative estimate of drug-likeness (QED) is 0.409. The molecule has 0 amide bonds. The second-order valence-corrected chi connectivity index (χ2v) is 3.12. The molecule has 0 radical (unpaired) electrons. The third-order valence-corrected chi connectivity index (χ3v) is 1.98. The normalized spacial score (nSPS) is 13.6. The average molecular weight is 183 g/mol. The molecule has 0 aliphatic carbocycles. The lowest BCUT2D eigenvalue weighted by atomic mass is 9.91. The van der Waals surface area contributed by atoms with E-state index >= 15 is 0 Å². The van der Waals surface area contributed by atoms with E-state index in [9.17, 15) is 4.79 Å².